The van der Waals surface area contributed by atoms with Crippen LogP contribution in [0, 0.1) is 23.7 Å². The molecule has 3 aliphatic heterocycles. The molecule has 2 N–H and O–H groups in total. The number of likely N-dealkylation sites (N-methyl/N-ethyl adjacent to an activating group) is 1. The first-order valence-corrected chi connectivity index (χ1v) is 20.8. The first-order chi connectivity index (χ1) is 28.3. The van der Waals surface area contributed by atoms with Crippen molar-refractivity contribution in [1.29, 1.82) is 0 Å². The number of rotatable bonds is 8. The van der Waals surface area contributed by atoms with E-state index in [-0.39, 0.29) is 50.5 Å². The van der Waals surface area contributed by atoms with E-state index >= 15 is 0 Å². The Kier molecular flexibility index (Phi) is 15.6. The second-order valence-electron chi connectivity index (χ2n) is 17.2. The van der Waals surface area contributed by atoms with E-state index in [2.05, 4.69) is 20.3 Å². The molecule has 0 aliphatic carbocycles. The van der Waals surface area contributed by atoms with Gasteiger partial charge >= 0.3 is 5.97 Å². The lowest BCUT2D eigenvalue weighted by atomic mass is 9.73. The Morgan fingerprint density at radius 3 is 2.42 bits per heavy atom. The molecule has 3 aliphatic rings. The van der Waals surface area contributed by atoms with Gasteiger partial charge in [-0.25, -0.2) is 4.99 Å². The molecule has 1 amide bonds. The second kappa shape index (κ2) is 19.8. The Balaban J connectivity index is 1.63. The summed E-state index contributed by atoms with van der Waals surface area (Å²) in [5, 5.41) is 32.3. The van der Waals surface area contributed by atoms with Crippen LogP contribution in [0.1, 0.15) is 87.3 Å². The lowest BCUT2D eigenvalue weighted by molar-refractivity contribution is -0.296. The zero-order valence-electron chi connectivity index (χ0n) is 36.7. The monoisotopic (exact) mass is 841 g/mol. The number of pyridine rings is 1. The van der Waals surface area contributed by atoms with Crippen molar-refractivity contribution >= 4 is 29.1 Å². The second-order valence-corrected chi connectivity index (χ2v) is 17.2. The number of esters is 1. The molecule has 2 bridgehead atoms. The van der Waals surface area contributed by atoms with Gasteiger partial charge in [-0.15, -0.1) is 0 Å². The number of ketones is 1. The third-order valence-corrected chi connectivity index (χ3v) is 12.1. The minimum atomic E-state index is -1.86. The summed E-state index contributed by atoms with van der Waals surface area (Å²) in [6.45, 7) is 14.6. The molecule has 5 rings (SSSR count). The molecule has 0 spiro atoms. The molecular weight excluding hydrogens is 778 g/mol. The number of oxime groups is 1. The SMILES string of the molecule is CC[C@H]1OC(=O)[C@H](C)C(=O)[C@H](C)[C@@H](O[C@@H]2O[C@H](C)C[C@H](N(C)C)[C@H]2O)[C@@]2(C)C[C@@H](C)/C(=N\C(C)=O)[C@H](C)[C@@H](OC/C(=N\OCc3ccc(-c4ccno4)cn3)CO2)[C@]1(C)O. The van der Waals surface area contributed by atoms with E-state index in [0.717, 1.165) is 5.56 Å². The molecular formula is C43H63N5O12. The topological polar surface area (TPSA) is 214 Å². The summed E-state index contributed by atoms with van der Waals surface area (Å²) in [5.41, 5.74) is -1.30. The van der Waals surface area contributed by atoms with E-state index < -0.39 is 83.2 Å². The van der Waals surface area contributed by atoms with Crippen LogP contribution in [0.2, 0.25) is 0 Å². The fraction of sp³-hybridized carbons (Fsp3) is 0.698. The average Bonchev–Trinajstić information content (AvgIpc) is 3.74. The van der Waals surface area contributed by atoms with Gasteiger partial charge in [-0.05, 0) is 79.1 Å². The number of fused-ring (bicyclic) bond motifs is 5. The maximum atomic E-state index is 14.5. The zero-order chi connectivity index (χ0) is 44.1. The van der Waals surface area contributed by atoms with Crippen LogP contribution in [0.3, 0.4) is 0 Å². The molecule has 13 atom stereocenters. The van der Waals surface area contributed by atoms with Crippen LogP contribution in [0.4, 0.5) is 0 Å². The Hall–Kier alpha value is -3.97. The van der Waals surface area contributed by atoms with Crippen LogP contribution in [0.25, 0.3) is 11.3 Å². The van der Waals surface area contributed by atoms with Crippen molar-refractivity contribution in [2.24, 2.45) is 33.8 Å². The maximum Gasteiger partial charge on any atom is 0.316 e. The number of aliphatic hydroxyl groups excluding tert-OH is 1. The molecule has 0 saturated carbocycles. The summed E-state index contributed by atoms with van der Waals surface area (Å²) in [7, 11) is 3.72. The van der Waals surface area contributed by atoms with Crippen molar-refractivity contribution in [1.82, 2.24) is 15.0 Å². The van der Waals surface area contributed by atoms with Gasteiger partial charge in [-0.2, -0.15) is 0 Å². The first kappa shape index (κ1) is 47.1. The van der Waals surface area contributed by atoms with E-state index in [1.165, 1.54) is 20.8 Å². The number of carbonyl (C=O) groups excluding carboxylic acids is 3. The van der Waals surface area contributed by atoms with Gasteiger partial charge in [0.05, 0.1) is 49.0 Å². The Morgan fingerprint density at radius 2 is 1.80 bits per heavy atom. The summed E-state index contributed by atoms with van der Waals surface area (Å²) >= 11 is 0. The number of amides is 1. The first-order valence-electron chi connectivity index (χ1n) is 20.8. The predicted molar refractivity (Wildman–Crippen MR) is 219 cm³/mol. The predicted octanol–water partition coefficient (Wildman–Crippen LogP) is 4.17. The fourth-order valence-corrected chi connectivity index (χ4v) is 8.82. The Labute approximate surface area is 352 Å². The molecule has 0 radical (unpaired) electrons. The van der Waals surface area contributed by atoms with Crippen LogP contribution >= 0.6 is 0 Å². The summed E-state index contributed by atoms with van der Waals surface area (Å²) < 4.78 is 37.6. The van der Waals surface area contributed by atoms with E-state index in [1.807, 2.05) is 38.9 Å². The molecule has 0 unspecified atom stereocenters. The number of aliphatic hydroxyl groups is 2. The van der Waals surface area contributed by atoms with Crippen LogP contribution in [-0.4, -0.2) is 136 Å². The van der Waals surface area contributed by atoms with Crippen LogP contribution in [0.5, 0.6) is 0 Å². The normalized spacial score (nSPS) is 37.6. The molecule has 60 heavy (non-hydrogen) atoms. The molecule has 2 aromatic heterocycles. The standard InChI is InChI=1S/C43H63N5O12/c1-12-34-43(9,53)39-25(4)35(46-28(7)49)23(2)18-42(8,55-21-31(20-54-39)47-56-22-30-14-13-29(19-44-30)33-15-16-45-60-33)38(26(5)36(50)27(6)40(52)58-34)59-41-37(51)32(48(10)11)17-24(3)57-41/h13-16,19,23-27,32,34,37-39,41,51,53H,12,17-18,20-22H2,1-11H3/b46-35+,47-31+/t23-,24-,25+,26+,27-,32+,34-,37-,38-,39-,41+,42-,43-/m1/s1. The number of aromatic nitrogens is 2. The number of Topliss-reactive ketones (excluding diaryl/α,β-unsaturated/α-hetero) is 1. The number of hydrogen-bond donors (Lipinski definition) is 2. The van der Waals surface area contributed by atoms with Crippen molar-refractivity contribution in [3.8, 4) is 11.3 Å². The van der Waals surface area contributed by atoms with Gasteiger partial charge in [0.2, 0.25) is 5.91 Å². The molecule has 17 heteroatoms. The highest BCUT2D eigenvalue weighted by Gasteiger charge is 2.53. The van der Waals surface area contributed by atoms with Crippen LogP contribution < -0.4 is 0 Å². The molecule has 0 aromatic carbocycles. The molecule has 3 fully saturated rings. The molecule has 3 saturated heterocycles. The average molecular weight is 842 g/mol. The van der Waals surface area contributed by atoms with Crippen molar-refractivity contribution < 1.29 is 57.6 Å². The third-order valence-electron chi connectivity index (χ3n) is 12.1. The lowest BCUT2D eigenvalue weighted by Crippen LogP contribution is -2.60. The van der Waals surface area contributed by atoms with Crippen molar-refractivity contribution in [3.05, 3.63) is 36.3 Å². The van der Waals surface area contributed by atoms with Crippen molar-refractivity contribution in [3.63, 3.8) is 0 Å². The largest absolute Gasteiger partial charge is 0.459 e. The summed E-state index contributed by atoms with van der Waals surface area (Å²) in [6, 6.07) is 4.99. The molecule has 332 valence electrons. The van der Waals surface area contributed by atoms with Gasteiger partial charge < -0.3 is 48.2 Å². The van der Waals surface area contributed by atoms with E-state index in [1.54, 1.807) is 52.2 Å². The van der Waals surface area contributed by atoms with Gasteiger partial charge in [-0.1, -0.05) is 38.0 Å². The minimum absolute atomic E-state index is 0.0212. The number of aliphatic imine (C=N–C) groups is 1. The van der Waals surface area contributed by atoms with Crippen LogP contribution in [-0.2, 0) is 49.5 Å². The smallest absolute Gasteiger partial charge is 0.316 e. The fourth-order valence-electron chi connectivity index (χ4n) is 8.82. The summed E-state index contributed by atoms with van der Waals surface area (Å²) in [5.74, 6) is -4.81. The molecule has 2 aromatic rings. The van der Waals surface area contributed by atoms with Gasteiger partial charge in [0, 0.05) is 48.3 Å². The highest BCUT2D eigenvalue weighted by atomic mass is 16.7. The number of ether oxygens (including phenoxy) is 5. The van der Waals surface area contributed by atoms with Gasteiger partial charge in [-0.3, -0.25) is 19.4 Å². The quantitative estimate of drug-likeness (QED) is 0.217. The third kappa shape index (κ3) is 10.7. The van der Waals surface area contributed by atoms with Gasteiger partial charge in [0.1, 0.15) is 29.4 Å². The molecule has 17 nitrogen and oxygen atoms in total. The van der Waals surface area contributed by atoms with Crippen molar-refractivity contribution in [2.75, 3.05) is 27.3 Å². The van der Waals surface area contributed by atoms with E-state index in [9.17, 15) is 24.6 Å². The number of nitrogens with zero attached hydrogens (tertiary/aromatic N) is 5. The number of cyclic esters (lactones) is 1. The molecule has 5 heterocycles. The van der Waals surface area contributed by atoms with Crippen molar-refractivity contribution in [2.45, 2.75) is 142 Å². The Bertz CT molecular complexity index is 1830. The van der Waals surface area contributed by atoms with Gasteiger partial charge in [0.15, 0.2) is 24.4 Å². The number of carbonyl (C=O) groups is 3. The summed E-state index contributed by atoms with van der Waals surface area (Å²) in [4.78, 5) is 57.9. The minimum Gasteiger partial charge on any atom is -0.459 e. The lowest BCUT2D eigenvalue weighted by Gasteiger charge is -2.47. The highest BCUT2D eigenvalue weighted by Crippen LogP contribution is 2.40. The van der Waals surface area contributed by atoms with E-state index in [0.29, 0.717) is 23.6 Å². The maximum absolute atomic E-state index is 14.5. The summed E-state index contributed by atoms with van der Waals surface area (Å²) in [6.07, 6.45) is -2.01. The number of hydrogen-bond acceptors (Lipinski definition) is 16. The van der Waals surface area contributed by atoms with Gasteiger partial charge in [0.25, 0.3) is 0 Å². The highest BCUT2D eigenvalue weighted by molar-refractivity contribution is 6.00. The van der Waals surface area contributed by atoms with Crippen LogP contribution in [0.15, 0.2) is 45.3 Å². The Morgan fingerprint density at radius 1 is 1.07 bits per heavy atom. The van der Waals surface area contributed by atoms with E-state index in [4.69, 9.17) is 33.0 Å². The zero-order valence-corrected chi connectivity index (χ0v) is 36.7.